The predicted octanol–water partition coefficient (Wildman–Crippen LogP) is 2.23. The van der Waals surface area contributed by atoms with E-state index in [-0.39, 0.29) is 10.6 Å². The summed E-state index contributed by atoms with van der Waals surface area (Å²) in [7, 11) is -3.32. The lowest BCUT2D eigenvalue weighted by molar-refractivity contribution is 0.340. The molecule has 1 heterocycles. The molecule has 22 heavy (non-hydrogen) atoms. The molecule has 0 N–H and O–H groups in total. The molecule has 1 aliphatic heterocycles. The second kappa shape index (κ2) is 6.23. The van der Waals surface area contributed by atoms with Crippen LogP contribution in [0.15, 0.2) is 41.3 Å². The van der Waals surface area contributed by atoms with Crippen LogP contribution in [0.1, 0.15) is 18.4 Å². The van der Waals surface area contributed by atoms with Crippen molar-refractivity contribution in [2.45, 2.75) is 17.7 Å². The minimum atomic E-state index is -3.32. The third kappa shape index (κ3) is 3.23. The van der Waals surface area contributed by atoms with Gasteiger partial charge in [-0.25, -0.2) is 8.42 Å². The molecule has 0 aromatic heterocycles. The fourth-order valence-electron chi connectivity index (χ4n) is 3.42. The zero-order valence-corrected chi connectivity index (χ0v) is 13.3. The Bertz CT molecular complexity index is 702. The highest BCUT2D eigenvalue weighted by Crippen LogP contribution is 2.32. The standard InChI is InChI=1S/C17H20N2O2S/c18-11-14-4-3-7-17(10-14)22(20,21)9-8-19-12-15-5-1-2-6-16(15)13-19/h1-4,7,10,15-16H,5-6,8-9,12-13H2/t15-,16-/m1/s1. The average molecular weight is 316 g/mol. The van der Waals surface area contributed by atoms with Crippen molar-refractivity contribution in [2.75, 3.05) is 25.4 Å². The molecule has 0 bridgehead atoms. The summed E-state index contributed by atoms with van der Waals surface area (Å²) in [6.45, 7) is 2.58. The lowest BCUT2D eigenvalue weighted by atomic mass is 9.86. The second-order valence-electron chi connectivity index (χ2n) is 6.18. The van der Waals surface area contributed by atoms with Crippen LogP contribution in [0.5, 0.6) is 0 Å². The lowest BCUT2D eigenvalue weighted by Gasteiger charge is -2.18. The number of nitriles is 1. The van der Waals surface area contributed by atoms with Crippen LogP contribution in [0.2, 0.25) is 0 Å². The van der Waals surface area contributed by atoms with E-state index in [0.717, 1.165) is 25.9 Å². The van der Waals surface area contributed by atoms with E-state index in [4.69, 9.17) is 5.26 Å². The Kier molecular flexibility index (Phi) is 4.32. The highest BCUT2D eigenvalue weighted by molar-refractivity contribution is 7.91. The van der Waals surface area contributed by atoms with E-state index in [1.54, 1.807) is 18.2 Å². The molecule has 116 valence electrons. The summed E-state index contributed by atoms with van der Waals surface area (Å²) in [6, 6.07) is 8.27. The first-order valence-electron chi connectivity index (χ1n) is 7.69. The van der Waals surface area contributed by atoms with Gasteiger partial charge in [-0.05, 0) is 42.9 Å². The fourth-order valence-corrected chi connectivity index (χ4v) is 4.75. The molecule has 1 aromatic carbocycles. The van der Waals surface area contributed by atoms with Crippen LogP contribution in [0, 0.1) is 23.2 Å². The molecule has 0 radical (unpaired) electrons. The molecule has 0 unspecified atom stereocenters. The Balaban J connectivity index is 1.62. The molecular formula is C17H20N2O2S. The third-order valence-electron chi connectivity index (χ3n) is 4.69. The minimum Gasteiger partial charge on any atom is -0.302 e. The van der Waals surface area contributed by atoms with E-state index in [2.05, 4.69) is 17.1 Å². The van der Waals surface area contributed by atoms with E-state index >= 15 is 0 Å². The zero-order chi connectivity index (χ0) is 15.6. The number of hydrogen-bond acceptors (Lipinski definition) is 4. The molecule has 1 saturated heterocycles. The van der Waals surface area contributed by atoms with Gasteiger partial charge in [0.25, 0.3) is 0 Å². The van der Waals surface area contributed by atoms with Crippen LogP contribution >= 0.6 is 0 Å². The molecule has 2 aliphatic rings. The maximum absolute atomic E-state index is 12.4. The van der Waals surface area contributed by atoms with Crippen molar-refractivity contribution in [1.29, 1.82) is 5.26 Å². The highest BCUT2D eigenvalue weighted by Gasteiger charge is 2.33. The molecule has 1 aromatic rings. The monoisotopic (exact) mass is 316 g/mol. The van der Waals surface area contributed by atoms with Crippen LogP contribution in [0.25, 0.3) is 0 Å². The van der Waals surface area contributed by atoms with Crippen molar-refractivity contribution < 1.29 is 8.42 Å². The largest absolute Gasteiger partial charge is 0.302 e. The van der Waals surface area contributed by atoms with Gasteiger partial charge in [-0.1, -0.05) is 18.2 Å². The maximum Gasteiger partial charge on any atom is 0.179 e. The van der Waals surface area contributed by atoms with Gasteiger partial charge < -0.3 is 4.90 Å². The number of hydrogen-bond donors (Lipinski definition) is 0. The van der Waals surface area contributed by atoms with Crippen molar-refractivity contribution in [3.8, 4) is 6.07 Å². The van der Waals surface area contributed by atoms with Gasteiger partial charge in [0.2, 0.25) is 0 Å². The smallest absolute Gasteiger partial charge is 0.179 e. The third-order valence-corrected chi connectivity index (χ3v) is 6.39. The highest BCUT2D eigenvalue weighted by atomic mass is 32.2. The van der Waals surface area contributed by atoms with Crippen LogP contribution < -0.4 is 0 Å². The Morgan fingerprint density at radius 2 is 1.86 bits per heavy atom. The number of nitrogens with zero attached hydrogens (tertiary/aromatic N) is 2. The van der Waals surface area contributed by atoms with Gasteiger partial charge in [-0.15, -0.1) is 0 Å². The Morgan fingerprint density at radius 1 is 1.18 bits per heavy atom. The van der Waals surface area contributed by atoms with Gasteiger partial charge in [-0.3, -0.25) is 0 Å². The number of sulfone groups is 1. The van der Waals surface area contributed by atoms with Crippen molar-refractivity contribution in [1.82, 2.24) is 4.90 Å². The molecule has 0 spiro atoms. The van der Waals surface area contributed by atoms with E-state index in [1.807, 2.05) is 6.07 Å². The van der Waals surface area contributed by atoms with Gasteiger partial charge >= 0.3 is 0 Å². The van der Waals surface area contributed by atoms with E-state index in [0.29, 0.717) is 23.9 Å². The van der Waals surface area contributed by atoms with E-state index in [9.17, 15) is 8.42 Å². The first-order valence-corrected chi connectivity index (χ1v) is 9.34. The summed E-state index contributed by atoms with van der Waals surface area (Å²) in [6.07, 6.45) is 6.74. The first kappa shape index (κ1) is 15.3. The second-order valence-corrected chi connectivity index (χ2v) is 8.29. The van der Waals surface area contributed by atoms with Gasteiger partial charge in [0.05, 0.1) is 22.3 Å². The quantitative estimate of drug-likeness (QED) is 0.799. The topological polar surface area (TPSA) is 61.2 Å². The fraction of sp³-hybridized carbons (Fsp3) is 0.471. The van der Waals surface area contributed by atoms with Crippen molar-refractivity contribution in [3.05, 3.63) is 42.0 Å². The SMILES string of the molecule is N#Cc1cccc(S(=O)(=O)CCN2C[C@H]3CC=CC[C@@H]3C2)c1. The van der Waals surface area contributed by atoms with Crippen molar-refractivity contribution in [3.63, 3.8) is 0 Å². The Hall–Kier alpha value is -1.64. The number of rotatable bonds is 4. The lowest BCUT2D eigenvalue weighted by Crippen LogP contribution is -2.27. The maximum atomic E-state index is 12.4. The minimum absolute atomic E-state index is 0.120. The van der Waals surface area contributed by atoms with Crippen LogP contribution in [0.3, 0.4) is 0 Å². The van der Waals surface area contributed by atoms with Crippen LogP contribution in [0.4, 0.5) is 0 Å². The van der Waals surface area contributed by atoms with Crippen LogP contribution in [-0.4, -0.2) is 38.7 Å². The predicted molar refractivity (Wildman–Crippen MR) is 85.0 cm³/mol. The molecule has 0 amide bonds. The summed E-state index contributed by atoms with van der Waals surface area (Å²) in [5, 5.41) is 8.89. The zero-order valence-electron chi connectivity index (χ0n) is 12.5. The van der Waals surface area contributed by atoms with Gasteiger partial charge in [-0.2, -0.15) is 5.26 Å². The van der Waals surface area contributed by atoms with E-state index < -0.39 is 9.84 Å². The number of benzene rings is 1. The van der Waals surface area contributed by atoms with Crippen molar-refractivity contribution >= 4 is 9.84 Å². The van der Waals surface area contributed by atoms with Gasteiger partial charge in [0.15, 0.2) is 9.84 Å². The van der Waals surface area contributed by atoms with Gasteiger partial charge in [0.1, 0.15) is 0 Å². The number of allylic oxidation sites excluding steroid dienone is 2. The summed E-state index contributed by atoms with van der Waals surface area (Å²) >= 11 is 0. The number of likely N-dealkylation sites (tertiary alicyclic amines) is 1. The molecule has 2 atom stereocenters. The van der Waals surface area contributed by atoms with Crippen LogP contribution in [-0.2, 0) is 9.84 Å². The molecule has 1 fully saturated rings. The van der Waals surface area contributed by atoms with Gasteiger partial charge in [0, 0.05) is 19.6 Å². The summed E-state index contributed by atoms with van der Waals surface area (Å²) in [5.74, 6) is 1.50. The molecule has 3 rings (SSSR count). The number of fused-ring (bicyclic) bond motifs is 1. The first-order chi connectivity index (χ1) is 10.6. The summed E-state index contributed by atoms with van der Waals surface area (Å²) < 4.78 is 24.8. The molecule has 1 aliphatic carbocycles. The summed E-state index contributed by atoms with van der Waals surface area (Å²) in [5.41, 5.74) is 0.388. The normalized spacial score (nSPS) is 24.9. The molecule has 5 heteroatoms. The van der Waals surface area contributed by atoms with E-state index in [1.165, 1.54) is 6.07 Å². The Labute approximate surface area is 132 Å². The molecule has 4 nitrogen and oxygen atoms in total. The molecule has 0 saturated carbocycles. The Morgan fingerprint density at radius 3 is 2.50 bits per heavy atom. The summed E-state index contributed by atoms with van der Waals surface area (Å²) in [4.78, 5) is 2.53. The van der Waals surface area contributed by atoms with Crippen molar-refractivity contribution in [2.24, 2.45) is 11.8 Å². The molecular weight excluding hydrogens is 296 g/mol. The average Bonchev–Trinajstić information content (AvgIpc) is 2.96.